The summed E-state index contributed by atoms with van der Waals surface area (Å²) in [6.07, 6.45) is 0.416. The van der Waals surface area contributed by atoms with Gasteiger partial charge >= 0.3 is 0 Å². The molecular formula is C17H20FNO. The Balaban J connectivity index is 2.40. The molecule has 0 aliphatic rings. The number of ether oxygens (including phenoxy) is 1. The quantitative estimate of drug-likeness (QED) is 0.924. The average Bonchev–Trinajstić information content (AvgIpc) is 2.41. The van der Waals surface area contributed by atoms with E-state index in [1.807, 2.05) is 38.1 Å². The summed E-state index contributed by atoms with van der Waals surface area (Å²) in [4.78, 5) is 0. The largest absolute Gasteiger partial charge is 0.496 e. The molecule has 0 saturated carbocycles. The van der Waals surface area contributed by atoms with Crippen LogP contribution in [0.4, 0.5) is 4.39 Å². The van der Waals surface area contributed by atoms with Crippen molar-refractivity contribution in [2.75, 3.05) is 7.11 Å². The lowest BCUT2D eigenvalue weighted by molar-refractivity contribution is 0.384. The topological polar surface area (TPSA) is 35.2 Å². The number of aryl methyl sites for hydroxylation is 1. The summed E-state index contributed by atoms with van der Waals surface area (Å²) in [5, 5.41) is 0. The molecule has 2 nitrogen and oxygen atoms in total. The minimum atomic E-state index is -0.695. The first-order valence-corrected chi connectivity index (χ1v) is 6.61. The predicted molar refractivity (Wildman–Crippen MR) is 79.4 cm³/mol. The maximum atomic E-state index is 13.8. The fraction of sp³-hybridized carbons (Fsp3) is 0.294. The Morgan fingerprint density at radius 1 is 1.20 bits per heavy atom. The van der Waals surface area contributed by atoms with Gasteiger partial charge in [-0.25, -0.2) is 4.39 Å². The molecule has 0 aromatic heterocycles. The second-order valence-corrected chi connectivity index (χ2v) is 5.39. The third-order valence-corrected chi connectivity index (χ3v) is 3.49. The highest BCUT2D eigenvalue weighted by molar-refractivity contribution is 5.42. The second-order valence-electron chi connectivity index (χ2n) is 5.39. The van der Waals surface area contributed by atoms with Gasteiger partial charge in [-0.15, -0.1) is 0 Å². The summed E-state index contributed by atoms with van der Waals surface area (Å²) in [6.45, 7) is 3.90. The van der Waals surface area contributed by atoms with Gasteiger partial charge in [0.05, 0.1) is 7.11 Å². The van der Waals surface area contributed by atoms with Crippen molar-refractivity contribution < 1.29 is 9.13 Å². The predicted octanol–water partition coefficient (Wildman–Crippen LogP) is 3.56. The molecule has 0 bridgehead atoms. The molecule has 2 aromatic carbocycles. The summed E-state index contributed by atoms with van der Waals surface area (Å²) in [5.74, 6) is 0.507. The molecule has 1 unspecified atom stereocenters. The van der Waals surface area contributed by atoms with Crippen molar-refractivity contribution in [3.8, 4) is 5.75 Å². The highest BCUT2D eigenvalue weighted by Crippen LogP contribution is 2.32. The van der Waals surface area contributed by atoms with Gasteiger partial charge < -0.3 is 10.5 Å². The van der Waals surface area contributed by atoms with E-state index in [0.29, 0.717) is 12.0 Å². The molecule has 0 aliphatic heterocycles. The Morgan fingerprint density at radius 3 is 2.55 bits per heavy atom. The molecule has 0 radical (unpaired) electrons. The van der Waals surface area contributed by atoms with Crippen LogP contribution < -0.4 is 10.5 Å². The standard InChI is InChI=1S/C17H20FNO/c1-12-8-9-16(20-3)14(10-12)17(2,19)11-13-6-4-5-7-15(13)18/h4-10H,11,19H2,1-3H3. The highest BCUT2D eigenvalue weighted by atomic mass is 19.1. The van der Waals surface area contributed by atoms with E-state index in [1.165, 1.54) is 6.07 Å². The molecule has 1 atom stereocenters. The summed E-state index contributed by atoms with van der Waals surface area (Å²) in [5.41, 5.74) is 8.35. The van der Waals surface area contributed by atoms with Crippen LogP contribution in [0.15, 0.2) is 42.5 Å². The van der Waals surface area contributed by atoms with Crippen molar-refractivity contribution in [3.05, 3.63) is 65.0 Å². The number of hydrogen-bond donors (Lipinski definition) is 1. The minimum absolute atomic E-state index is 0.226. The molecule has 0 fully saturated rings. The Kier molecular flexibility index (Phi) is 4.09. The van der Waals surface area contributed by atoms with Gasteiger partial charge in [0, 0.05) is 11.1 Å². The van der Waals surface area contributed by atoms with Crippen molar-refractivity contribution >= 4 is 0 Å². The van der Waals surface area contributed by atoms with Gasteiger partial charge in [0.25, 0.3) is 0 Å². The zero-order valence-electron chi connectivity index (χ0n) is 12.1. The van der Waals surface area contributed by atoms with Crippen molar-refractivity contribution in [2.45, 2.75) is 25.8 Å². The molecule has 0 amide bonds. The van der Waals surface area contributed by atoms with Crippen molar-refractivity contribution in [1.82, 2.24) is 0 Å². The van der Waals surface area contributed by atoms with Gasteiger partial charge in [0.15, 0.2) is 0 Å². The lowest BCUT2D eigenvalue weighted by atomic mass is 9.85. The van der Waals surface area contributed by atoms with Crippen LogP contribution in [0, 0.1) is 12.7 Å². The lowest BCUT2D eigenvalue weighted by Crippen LogP contribution is -2.36. The number of benzene rings is 2. The molecular weight excluding hydrogens is 253 g/mol. The summed E-state index contributed by atoms with van der Waals surface area (Å²) in [6, 6.07) is 12.6. The smallest absolute Gasteiger partial charge is 0.126 e. The van der Waals surface area contributed by atoms with Gasteiger partial charge in [-0.1, -0.05) is 35.9 Å². The van der Waals surface area contributed by atoms with Gasteiger partial charge in [0.2, 0.25) is 0 Å². The normalized spacial score (nSPS) is 13.8. The number of rotatable bonds is 4. The zero-order valence-corrected chi connectivity index (χ0v) is 12.1. The van der Waals surface area contributed by atoms with E-state index in [9.17, 15) is 4.39 Å². The van der Waals surface area contributed by atoms with Crippen LogP contribution in [0.5, 0.6) is 5.75 Å². The molecule has 3 heteroatoms. The number of methoxy groups -OCH3 is 1. The first kappa shape index (κ1) is 14.5. The minimum Gasteiger partial charge on any atom is -0.496 e. The molecule has 2 rings (SSSR count). The fourth-order valence-corrected chi connectivity index (χ4v) is 2.40. The van der Waals surface area contributed by atoms with E-state index >= 15 is 0 Å². The maximum Gasteiger partial charge on any atom is 0.126 e. The highest BCUT2D eigenvalue weighted by Gasteiger charge is 2.26. The zero-order chi connectivity index (χ0) is 14.8. The molecule has 2 N–H and O–H groups in total. The lowest BCUT2D eigenvalue weighted by Gasteiger charge is -2.28. The molecule has 0 saturated heterocycles. The van der Waals surface area contributed by atoms with Crippen LogP contribution in [-0.2, 0) is 12.0 Å². The summed E-state index contributed by atoms with van der Waals surface area (Å²) in [7, 11) is 1.62. The molecule has 0 spiro atoms. The van der Waals surface area contributed by atoms with Gasteiger partial charge in [0.1, 0.15) is 11.6 Å². The molecule has 2 aromatic rings. The van der Waals surface area contributed by atoms with E-state index in [2.05, 4.69) is 0 Å². The van der Waals surface area contributed by atoms with Gasteiger partial charge in [-0.3, -0.25) is 0 Å². The monoisotopic (exact) mass is 273 g/mol. The Morgan fingerprint density at radius 2 is 1.90 bits per heavy atom. The second kappa shape index (κ2) is 5.63. The van der Waals surface area contributed by atoms with Crippen molar-refractivity contribution in [1.29, 1.82) is 0 Å². The summed E-state index contributed by atoms with van der Waals surface area (Å²) < 4.78 is 19.2. The van der Waals surface area contributed by atoms with E-state index in [4.69, 9.17) is 10.5 Å². The van der Waals surface area contributed by atoms with Crippen LogP contribution in [0.1, 0.15) is 23.6 Å². The molecule has 20 heavy (non-hydrogen) atoms. The van der Waals surface area contributed by atoms with E-state index in [0.717, 1.165) is 16.9 Å². The maximum absolute atomic E-state index is 13.8. The van der Waals surface area contributed by atoms with Crippen molar-refractivity contribution in [2.24, 2.45) is 5.73 Å². The fourth-order valence-electron chi connectivity index (χ4n) is 2.40. The third-order valence-electron chi connectivity index (χ3n) is 3.49. The van der Waals surface area contributed by atoms with E-state index < -0.39 is 5.54 Å². The number of nitrogens with two attached hydrogens (primary N) is 1. The SMILES string of the molecule is COc1ccc(C)cc1C(C)(N)Cc1ccccc1F. The number of halogens is 1. The first-order chi connectivity index (χ1) is 9.44. The first-order valence-electron chi connectivity index (χ1n) is 6.61. The Hall–Kier alpha value is -1.87. The van der Waals surface area contributed by atoms with Crippen LogP contribution in [-0.4, -0.2) is 7.11 Å². The van der Waals surface area contributed by atoms with Crippen LogP contribution >= 0.6 is 0 Å². The molecule has 0 heterocycles. The van der Waals surface area contributed by atoms with Crippen LogP contribution in [0.25, 0.3) is 0 Å². The average molecular weight is 273 g/mol. The van der Waals surface area contributed by atoms with Gasteiger partial charge in [-0.2, -0.15) is 0 Å². The molecule has 106 valence electrons. The van der Waals surface area contributed by atoms with E-state index in [1.54, 1.807) is 19.2 Å². The van der Waals surface area contributed by atoms with E-state index in [-0.39, 0.29) is 5.82 Å². The Bertz CT molecular complexity index is 608. The van der Waals surface area contributed by atoms with Crippen molar-refractivity contribution in [3.63, 3.8) is 0 Å². The molecule has 0 aliphatic carbocycles. The van der Waals surface area contributed by atoms with Crippen LogP contribution in [0.2, 0.25) is 0 Å². The third kappa shape index (κ3) is 2.99. The van der Waals surface area contributed by atoms with Crippen LogP contribution in [0.3, 0.4) is 0 Å². The number of hydrogen-bond acceptors (Lipinski definition) is 2. The Labute approximate surface area is 119 Å². The van der Waals surface area contributed by atoms with Gasteiger partial charge in [-0.05, 0) is 38.0 Å². The summed E-state index contributed by atoms with van der Waals surface area (Å²) >= 11 is 0.